The van der Waals surface area contributed by atoms with Gasteiger partial charge in [0.25, 0.3) is 5.91 Å². The third-order valence-electron chi connectivity index (χ3n) is 1.97. The first-order valence-electron chi connectivity index (χ1n) is 4.65. The van der Waals surface area contributed by atoms with Gasteiger partial charge in [-0.2, -0.15) is 0 Å². The molecule has 1 aromatic rings. The Labute approximate surface area is 104 Å². The van der Waals surface area contributed by atoms with Crippen molar-refractivity contribution in [2.75, 3.05) is 13.1 Å². The van der Waals surface area contributed by atoms with Crippen molar-refractivity contribution in [2.24, 2.45) is 0 Å². The zero-order chi connectivity index (χ0) is 12.1. The van der Waals surface area contributed by atoms with Crippen molar-refractivity contribution in [3.63, 3.8) is 0 Å². The number of halogens is 2. The highest BCUT2D eigenvalue weighted by Crippen LogP contribution is 2.18. The Morgan fingerprint density at radius 2 is 2.25 bits per heavy atom. The van der Waals surface area contributed by atoms with E-state index in [1.54, 1.807) is 0 Å². The lowest BCUT2D eigenvalue weighted by molar-refractivity contribution is 0.0779. The Morgan fingerprint density at radius 1 is 1.56 bits per heavy atom. The normalized spacial score (nSPS) is 9.62. The smallest absolute Gasteiger partial charge is 0.274 e. The van der Waals surface area contributed by atoms with Crippen LogP contribution < -0.4 is 0 Å². The van der Waals surface area contributed by atoms with Gasteiger partial charge >= 0.3 is 0 Å². The average Bonchev–Trinajstić information content (AvgIpc) is 2.28. The van der Waals surface area contributed by atoms with Gasteiger partial charge in [0.1, 0.15) is 10.8 Å². The van der Waals surface area contributed by atoms with Crippen molar-refractivity contribution in [2.45, 2.75) is 6.92 Å². The molecule has 0 saturated carbocycles. The lowest BCUT2D eigenvalue weighted by Gasteiger charge is -2.17. The lowest BCUT2D eigenvalue weighted by atomic mass is 10.3. The Kier molecular flexibility index (Phi) is 4.60. The maximum Gasteiger partial charge on any atom is 0.274 e. The first-order chi connectivity index (χ1) is 7.60. The summed E-state index contributed by atoms with van der Waals surface area (Å²) < 4.78 is 0. The highest BCUT2D eigenvalue weighted by molar-refractivity contribution is 6.34. The van der Waals surface area contributed by atoms with E-state index in [2.05, 4.69) is 10.9 Å². The molecule has 5 heteroatoms. The Morgan fingerprint density at radius 3 is 2.81 bits per heavy atom. The van der Waals surface area contributed by atoms with Crippen molar-refractivity contribution in [1.82, 2.24) is 9.88 Å². The van der Waals surface area contributed by atoms with Crippen LogP contribution in [0.25, 0.3) is 0 Å². The van der Waals surface area contributed by atoms with Crippen LogP contribution in [0.15, 0.2) is 12.1 Å². The van der Waals surface area contributed by atoms with Gasteiger partial charge in [0.2, 0.25) is 0 Å². The minimum absolute atomic E-state index is 0.131. The summed E-state index contributed by atoms with van der Waals surface area (Å²) in [5.74, 6) is 2.09. The number of aromatic nitrogens is 1. The largest absolute Gasteiger partial charge is 0.326 e. The summed E-state index contributed by atoms with van der Waals surface area (Å²) in [4.78, 5) is 17.3. The second-order valence-electron chi connectivity index (χ2n) is 2.99. The van der Waals surface area contributed by atoms with E-state index >= 15 is 0 Å². The highest BCUT2D eigenvalue weighted by Gasteiger charge is 2.18. The van der Waals surface area contributed by atoms with Crippen LogP contribution in [0.4, 0.5) is 0 Å². The van der Waals surface area contributed by atoms with Crippen LogP contribution in [0.2, 0.25) is 10.2 Å². The second-order valence-corrected chi connectivity index (χ2v) is 3.78. The molecule has 16 heavy (non-hydrogen) atoms. The molecule has 0 radical (unpaired) electrons. The lowest BCUT2D eigenvalue weighted by Crippen LogP contribution is -2.32. The number of nitrogens with zero attached hydrogens (tertiary/aromatic N) is 2. The molecule has 1 rings (SSSR count). The van der Waals surface area contributed by atoms with E-state index in [-0.39, 0.29) is 28.3 Å². The molecule has 0 aromatic carbocycles. The van der Waals surface area contributed by atoms with Crippen molar-refractivity contribution >= 4 is 29.1 Å². The predicted octanol–water partition coefficient (Wildman–Crippen LogP) is 2.48. The SMILES string of the molecule is C#CCN(CC)C(=O)c1nc(Cl)ccc1Cl. The standard InChI is InChI=1S/C11H10Cl2N2O/c1-3-7-15(4-2)11(16)10-8(12)5-6-9(13)14-10/h1,5-6H,4,7H2,2H3. The van der Waals surface area contributed by atoms with E-state index in [4.69, 9.17) is 29.6 Å². The molecule has 0 saturated heterocycles. The molecule has 1 heterocycles. The monoisotopic (exact) mass is 256 g/mol. The minimum atomic E-state index is -0.312. The number of hydrogen-bond acceptors (Lipinski definition) is 2. The van der Waals surface area contributed by atoms with Gasteiger partial charge in [-0.15, -0.1) is 6.42 Å². The van der Waals surface area contributed by atoms with Gasteiger partial charge in [0.15, 0.2) is 0 Å². The minimum Gasteiger partial charge on any atom is -0.326 e. The van der Waals surface area contributed by atoms with Crippen LogP contribution in [-0.4, -0.2) is 28.9 Å². The Bertz CT molecular complexity index is 440. The fourth-order valence-corrected chi connectivity index (χ4v) is 1.49. The molecular formula is C11H10Cl2N2O. The summed E-state index contributed by atoms with van der Waals surface area (Å²) >= 11 is 11.6. The molecule has 0 aliphatic carbocycles. The van der Waals surface area contributed by atoms with E-state index < -0.39 is 0 Å². The van der Waals surface area contributed by atoms with Gasteiger partial charge in [-0.05, 0) is 19.1 Å². The first-order valence-corrected chi connectivity index (χ1v) is 5.40. The third-order valence-corrected chi connectivity index (χ3v) is 2.48. The van der Waals surface area contributed by atoms with E-state index in [1.807, 2.05) is 6.92 Å². The van der Waals surface area contributed by atoms with Crippen LogP contribution >= 0.6 is 23.2 Å². The highest BCUT2D eigenvalue weighted by atomic mass is 35.5. The second kappa shape index (κ2) is 5.74. The predicted molar refractivity (Wildman–Crippen MR) is 64.7 cm³/mol. The van der Waals surface area contributed by atoms with E-state index in [0.717, 1.165) is 0 Å². The zero-order valence-corrected chi connectivity index (χ0v) is 10.2. The number of carbonyl (C=O) groups is 1. The van der Waals surface area contributed by atoms with Crippen molar-refractivity contribution in [1.29, 1.82) is 0 Å². The van der Waals surface area contributed by atoms with Crippen molar-refractivity contribution < 1.29 is 4.79 Å². The molecular weight excluding hydrogens is 247 g/mol. The summed E-state index contributed by atoms with van der Waals surface area (Å²) in [6, 6.07) is 3.06. The average molecular weight is 257 g/mol. The zero-order valence-electron chi connectivity index (χ0n) is 8.70. The summed E-state index contributed by atoms with van der Waals surface area (Å²) in [5.41, 5.74) is 0.131. The van der Waals surface area contributed by atoms with Crippen molar-refractivity contribution in [3.8, 4) is 12.3 Å². The maximum atomic E-state index is 12.0. The molecule has 1 aromatic heterocycles. The molecule has 0 atom stereocenters. The summed E-state index contributed by atoms with van der Waals surface area (Å²) in [6.07, 6.45) is 5.17. The molecule has 84 valence electrons. The van der Waals surface area contributed by atoms with Gasteiger partial charge in [-0.3, -0.25) is 4.79 Å². The molecule has 0 N–H and O–H groups in total. The summed E-state index contributed by atoms with van der Waals surface area (Å²) in [7, 11) is 0. The van der Waals surface area contributed by atoms with Gasteiger partial charge in [0, 0.05) is 6.54 Å². The number of rotatable bonds is 3. The van der Waals surface area contributed by atoms with Crippen LogP contribution in [0.5, 0.6) is 0 Å². The molecule has 0 bridgehead atoms. The van der Waals surface area contributed by atoms with Gasteiger partial charge in [-0.1, -0.05) is 29.1 Å². The summed E-state index contributed by atoms with van der Waals surface area (Å²) in [6.45, 7) is 2.54. The van der Waals surface area contributed by atoms with Gasteiger partial charge < -0.3 is 4.90 Å². The molecule has 1 amide bonds. The maximum absolute atomic E-state index is 12.0. The molecule has 0 spiro atoms. The van der Waals surface area contributed by atoms with E-state index in [1.165, 1.54) is 17.0 Å². The van der Waals surface area contributed by atoms with Gasteiger partial charge in [0.05, 0.1) is 11.6 Å². The number of carbonyl (C=O) groups excluding carboxylic acids is 1. The quantitative estimate of drug-likeness (QED) is 0.615. The number of hydrogen-bond donors (Lipinski definition) is 0. The number of terminal acetylenes is 1. The fraction of sp³-hybridized carbons (Fsp3) is 0.273. The van der Waals surface area contributed by atoms with Crippen molar-refractivity contribution in [3.05, 3.63) is 28.0 Å². The number of amides is 1. The van der Waals surface area contributed by atoms with Crippen LogP contribution in [0.3, 0.4) is 0 Å². The Balaban J connectivity index is 3.03. The van der Waals surface area contributed by atoms with E-state index in [9.17, 15) is 4.79 Å². The molecule has 0 fully saturated rings. The first kappa shape index (κ1) is 12.8. The van der Waals surface area contributed by atoms with Crippen LogP contribution in [0, 0.1) is 12.3 Å². The van der Waals surface area contributed by atoms with Crippen LogP contribution in [0.1, 0.15) is 17.4 Å². The van der Waals surface area contributed by atoms with Gasteiger partial charge in [-0.25, -0.2) is 4.98 Å². The third kappa shape index (κ3) is 2.88. The van der Waals surface area contributed by atoms with Crippen LogP contribution in [-0.2, 0) is 0 Å². The Hall–Kier alpha value is -1.24. The molecule has 0 aliphatic rings. The molecule has 0 unspecified atom stereocenters. The fourth-order valence-electron chi connectivity index (χ4n) is 1.16. The molecule has 0 aliphatic heterocycles. The molecule has 3 nitrogen and oxygen atoms in total. The number of pyridine rings is 1. The summed E-state index contributed by atoms with van der Waals surface area (Å²) in [5, 5.41) is 0.495. The van der Waals surface area contributed by atoms with E-state index in [0.29, 0.717) is 6.54 Å². The topological polar surface area (TPSA) is 33.2 Å².